The first-order valence-electron chi connectivity index (χ1n) is 8.71. The molecule has 1 N–H and O–H groups in total. The normalized spacial score (nSPS) is 18.2. The third-order valence-electron chi connectivity index (χ3n) is 4.38. The lowest BCUT2D eigenvalue weighted by molar-refractivity contribution is 0.0691. The molecule has 1 atom stereocenters. The van der Waals surface area contributed by atoms with E-state index in [1.165, 1.54) is 0 Å². The molecule has 0 saturated carbocycles. The number of likely N-dealkylation sites (tertiary alicyclic amines) is 1. The zero-order chi connectivity index (χ0) is 17.1. The molecule has 1 aromatic carbocycles. The summed E-state index contributed by atoms with van der Waals surface area (Å²) < 4.78 is 1.83. The van der Waals surface area contributed by atoms with Gasteiger partial charge in [0, 0.05) is 36.9 Å². The monoisotopic (exact) mass is 326 g/mol. The molecule has 5 heteroatoms. The van der Waals surface area contributed by atoms with Crippen molar-refractivity contribution in [2.75, 3.05) is 13.1 Å². The van der Waals surface area contributed by atoms with Gasteiger partial charge in [0.2, 0.25) is 0 Å². The Morgan fingerprint density at radius 2 is 2.00 bits per heavy atom. The van der Waals surface area contributed by atoms with Crippen molar-refractivity contribution in [3.8, 4) is 5.69 Å². The highest BCUT2D eigenvalue weighted by atomic mass is 16.2. The van der Waals surface area contributed by atoms with Gasteiger partial charge in [-0.25, -0.2) is 4.68 Å². The summed E-state index contributed by atoms with van der Waals surface area (Å²) in [6.45, 7) is 7.89. The Labute approximate surface area is 143 Å². The molecule has 1 aromatic heterocycles. The standard InChI is InChI=1S/C19H26N4O/c1-14(2)20-17-5-4-11-22(13-17)19(24)16-6-8-18(9-7-16)23-12-10-15(3)21-23/h6-10,12,14,17,20H,4-5,11,13H2,1-3H3. The fourth-order valence-corrected chi connectivity index (χ4v) is 3.27. The summed E-state index contributed by atoms with van der Waals surface area (Å²) in [7, 11) is 0. The van der Waals surface area contributed by atoms with E-state index in [4.69, 9.17) is 0 Å². The van der Waals surface area contributed by atoms with E-state index in [2.05, 4.69) is 24.3 Å². The molecule has 0 bridgehead atoms. The maximum atomic E-state index is 12.8. The molecule has 0 aliphatic carbocycles. The molecule has 1 aliphatic rings. The maximum Gasteiger partial charge on any atom is 0.253 e. The van der Waals surface area contributed by atoms with E-state index in [1.54, 1.807) is 0 Å². The maximum absolute atomic E-state index is 12.8. The molecule has 1 fully saturated rings. The van der Waals surface area contributed by atoms with Crippen molar-refractivity contribution in [3.05, 3.63) is 47.8 Å². The van der Waals surface area contributed by atoms with Crippen molar-refractivity contribution in [2.24, 2.45) is 0 Å². The quantitative estimate of drug-likeness (QED) is 0.940. The minimum absolute atomic E-state index is 0.119. The number of carbonyl (C=O) groups excluding carboxylic acids is 1. The number of nitrogens with one attached hydrogen (secondary N) is 1. The number of nitrogens with zero attached hydrogens (tertiary/aromatic N) is 3. The summed E-state index contributed by atoms with van der Waals surface area (Å²) in [5.74, 6) is 0.119. The van der Waals surface area contributed by atoms with Crippen molar-refractivity contribution in [1.29, 1.82) is 0 Å². The second-order valence-corrected chi connectivity index (χ2v) is 6.86. The van der Waals surface area contributed by atoms with Gasteiger partial charge in [0.25, 0.3) is 5.91 Å². The van der Waals surface area contributed by atoms with Crippen LogP contribution in [-0.2, 0) is 0 Å². The Hall–Kier alpha value is -2.14. The molecular weight excluding hydrogens is 300 g/mol. The van der Waals surface area contributed by atoms with E-state index in [-0.39, 0.29) is 5.91 Å². The van der Waals surface area contributed by atoms with Gasteiger partial charge >= 0.3 is 0 Å². The number of rotatable bonds is 4. The Balaban J connectivity index is 1.68. The van der Waals surface area contributed by atoms with Crippen LogP contribution in [0.15, 0.2) is 36.5 Å². The van der Waals surface area contributed by atoms with E-state index in [0.717, 1.165) is 42.9 Å². The second kappa shape index (κ2) is 7.18. The van der Waals surface area contributed by atoms with Crippen molar-refractivity contribution >= 4 is 5.91 Å². The predicted molar refractivity (Wildman–Crippen MR) is 95.5 cm³/mol. The van der Waals surface area contributed by atoms with Gasteiger partial charge in [-0.1, -0.05) is 13.8 Å². The summed E-state index contributed by atoms with van der Waals surface area (Å²) in [5, 5.41) is 7.94. The molecule has 3 rings (SSSR count). The highest BCUT2D eigenvalue weighted by molar-refractivity contribution is 5.94. The van der Waals surface area contributed by atoms with Gasteiger partial charge in [-0.3, -0.25) is 4.79 Å². The molecule has 1 saturated heterocycles. The first-order chi connectivity index (χ1) is 11.5. The first kappa shape index (κ1) is 16.7. The largest absolute Gasteiger partial charge is 0.337 e. The molecule has 0 radical (unpaired) electrons. The number of aromatic nitrogens is 2. The van der Waals surface area contributed by atoms with Gasteiger partial charge in [-0.15, -0.1) is 0 Å². The van der Waals surface area contributed by atoms with Crippen LogP contribution in [0.25, 0.3) is 5.69 Å². The zero-order valence-corrected chi connectivity index (χ0v) is 14.7. The third-order valence-corrected chi connectivity index (χ3v) is 4.38. The van der Waals surface area contributed by atoms with E-state index in [0.29, 0.717) is 12.1 Å². The van der Waals surface area contributed by atoms with E-state index in [1.807, 2.05) is 53.0 Å². The number of amides is 1. The van der Waals surface area contributed by atoms with Crippen molar-refractivity contribution in [1.82, 2.24) is 20.0 Å². The number of piperidine rings is 1. The minimum atomic E-state index is 0.119. The van der Waals surface area contributed by atoms with E-state index < -0.39 is 0 Å². The fourth-order valence-electron chi connectivity index (χ4n) is 3.27. The van der Waals surface area contributed by atoms with Crippen molar-refractivity contribution in [2.45, 2.75) is 45.7 Å². The number of hydrogen-bond donors (Lipinski definition) is 1. The molecule has 1 unspecified atom stereocenters. The zero-order valence-electron chi connectivity index (χ0n) is 14.7. The predicted octanol–water partition coefficient (Wildman–Crippen LogP) is 2.78. The summed E-state index contributed by atoms with van der Waals surface area (Å²) in [6, 6.07) is 10.5. The van der Waals surface area contributed by atoms with Gasteiger partial charge in [0.05, 0.1) is 11.4 Å². The van der Waals surface area contributed by atoms with Crippen LogP contribution in [0.4, 0.5) is 0 Å². The number of benzene rings is 1. The Morgan fingerprint density at radius 1 is 1.25 bits per heavy atom. The fraction of sp³-hybridized carbons (Fsp3) is 0.474. The lowest BCUT2D eigenvalue weighted by atomic mass is 10.0. The SMILES string of the molecule is Cc1ccn(-c2ccc(C(=O)N3CCCC(NC(C)C)C3)cc2)n1. The van der Waals surface area contributed by atoms with Crippen molar-refractivity contribution < 1.29 is 4.79 Å². The number of hydrogen-bond acceptors (Lipinski definition) is 3. The molecule has 2 heterocycles. The second-order valence-electron chi connectivity index (χ2n) is 6.86. The minimum Gasteiger partial charge on any atom is -0.337 e. The summed E-state index contributed by atoms with van der Waals surface area (Å²) >= 11 is 0. The topological polar surface area (TPSA) is 50.2 Å². The molecule has 2 aromatic rings. The van der Waals surface area contributed by atoms with Crippen LogP contribution in [0.1, 0.15) is 42.7 Å². The average molecular weight is 326 g/mol. The van der Waals surface area contributed by atoms with Gasteiger partial charge in [0.1, 0.15) is 0 Å². The highest BCUT2D eigenvalue weighted by Crippen LogP contribution is 2.16. The lowest BCUT2D eigenvalue weighted by Gasteiger charge is -2.34. The van der Waals surface area contributed by atoms with Gasteiger partial charge < -0.3 is 10.2 Å². The molecule has 5 nitrogen and oxygen atoms in total. The first-order valence-corrected chi connectivity index (χ1v) is 8.71. The highest BCUT2D eigenvalue weighted by Gasteiger charge is 2.24. The van der Waals surface area contributed by atoms with E-state index in [9.17, 15) is 4.79 Å². The Bertz CT molecular complexity index is 690. The summed E-state index contributed by atoms with van der Waals surface area (Å²) in [4.78, 5) is 14.7. The van der Waals surface area contributed by atoms with Gasteiger partial charge in [-0.2, -0.15) is 5.10 Å². The number of carbonyl (C=O) groups is 1. The van der Waals surface area contributed by atoms with Crippen LogP contribution in [-0.4, -0.2) is 45.8 Å². The molecule has 1 aliphatic heterocycles. The Morgan fingerprint density at radius 3 is 2.62 bits per heavy atom. The Kier molecular flexibility index (Phi) is 5.00. The van der Waals surface area contributed by atoms with Crippen LogP contribution >= 0.6 is 0 Å². The third kappa shape index (κ3) is 3.85. The summed E-state index contributed by atoms with van der Waals surface area (Å²) in [6.07, 6.45) is 4.12. The smallest absolute Gasteiger partial charge is 0.253 e. The van der Waals surface area contributed by atoms with Crippen LogP contribution < -0.4 is 5.32 Å². The molecule has 1 amide bonds. The van der Waals surface area contributed by atoms with Crippen LogP contribution in [0.3, 0.4) is 0 Å². The number of aryl methyl sites for hydroxylation is 1. The van der Waals surface area contributed by atoms with Crippen molar-refractivity contribution in [3.63, 3.8) is 0 Å². The average Bonchev–Trinajstić information content (AvgIpc) is 3.00. The lowest BCUT2D eigenvalue weighted by Crippen LogP contribution is -2.49. The van der Waals surface area contributed by atoms with Crippen LogP contribution in [0.5, 0.6) is 0 Å². The van der Waals surface area contributed by atoms with E-state index >= 15 is 0 Å². The molecular formula is C19H26N4O. The van der Waals surface area contributed by atoms with Crippen LogP contribution in [0.2, 0.25) is 0 Å². The molecule has 24 heavy (non-hydrogen) atoms. The van der Waals surface area contributed by atoms with Crippen LogP contribution in [0, 0.1) is 6.92 Å². The molecule has 128 valence electrons. The summed E-state index contributed by atoms with van der Waals surface area (Å²) in [5.41, 5.74) is 2.69. The molecule has 0 spiro atoms. The van der Waals surface area contributed by atoms with Gasteiger partial charge in [0.15, 0.2) is 0 Å². The van der Waals surface area contributed by atoms with Gasteiger partial charge in [-0.05, 0) is 50.1 Å².